The number of benzene rings is 1. The second kappa shape index (κ2) is 7.77. The number of nitrogens with zero attached hydrogens (tertiary/aromatic N) is 4. The summed E-state index contributed by atoms with van der Waals surface area (Å²) in [6, 6.07) is 6.52. The number of aromatic nitrogens is 2. The van der Waals surface area contributed by atoms with Gasteiger partial charge in [-0.1, -0.05) is 12.1 Å². The Morgan fingerprint density at radius 2 is 1.81 bits per heavy atom. The topological polar surface area (TPSA) is 102 Å². The first kappa shape index (κ1) is 17.6. The third-order valence-electron chi connectivity index (χ3n) is 4.07. The molecule has 0 spiro atoms. The molecule has 1 aliphatic heterocycles. The highest BCUT2D eigenvalue weighted by Crippen LogP contribution is 2.20. The molecule has 9 heteroatoms. The standard InChI is InChI=1S/C17H18FN5O3/c18-12-3-1-2-4-13(12)22-7-9-23(10-8-22)14(24)11-26-17(25)15-16(19)21-6-5-20-15/h1-6H,7-11H2,(H2,19,21). The first-order valence-electron chi connectivity index (χ1n) is 8.07. The van der Waals surface area contributed by atoms with Crippen LogP contribution in [0.4, 0.5) is 15.9 Å². The summed E-state index contributed by atoms with van der Waals surface area (Å²) in [5.74, 6) is -1.46. The Balaban J connectivity index is 1.50. The van der Waals surface area contributed by atoms with Crippen molar-refractivity contribution in [3.63, 3.8) is 0 Å². The molecule has 0 radical (unpaired) electrons. The van der Waals surface area contributed by atoms with Crippen molar-refractivity contribution < 1.29 is 18.7 Å². The van der Waals surface area contributed by atoms with Crippen LogP contribution in [-0.4, -0.2) is 59.5 Å². The average Bonchev–Trinajstić information content (AvgIpc) is 2.67. The fourth-order valence-corrected chi connectivity index (χ4v) is 2.70. The molecule has 2 aromatic rings. The van der Waals surface area contributed by atoms with Gasteiger partial charge in [-0.05, 0) is 12.1 Å². The quantitative estimate of drug-likeness (QED) is 0.802. The third kappa shape index (κ3) is 3.88. The zero-order chi connectivity index (χ0) is 18.5. The lowest BCUT2D eigenvalue weighted by Gasteiger charge is -2.36. The smallest absolute Gasteiger partial charge is 0.361 e. The van der Waals surface area contributed by atoms with E-state index < -0.39 is 12.6 Å². The maximum absolute atomic E-state index is 13.8. The van der Waals surface area contributed by atoms with Gasteiger partial charge in [0.25, 0.3) is 5.91 Å². The summed E-state index contributed by atoms with van der Waals surface area (Å²) in [6.07, 6.45) is 2.67. The fourth-order valence-electron chi connectivity index (χ4n) is 2.70. The first-order valence-corrected chi connectivity index (χ1v) is 8.07. The van der Waals surface area contributed by atoms with E-state index in [2.05, 4.69) is 9.97 Å². The Morgan fingerprint density at radius 3 is 2.50 bits per heavy atom. The molecule has 26 heavy (non-hydrogen) atoms. The summed E-state index contributed by atoms with van der Waals surface area (Å²) < 4.78 is 18.8. The SMILES string of the molecule is Nc1nccnc1C(=O)OCC(=O)N1CCN(c2ccccc2F)CC1. The van der Waals surface area contributed by atoms with E-state index in [0.29, 0.717) is 31.9 Å². The fraction of sp³-hybridized carbons (Fsp3) is 0.294. The van der Waals surface area contributed by atoms with Gasteiger partial charge in [0.15, 0.2) is 18.1 Å². The molecular weight excluding hydrogens is 341 g/mol. The zero-order valence-electron chi connectivity index (χ0n) is 14.0. The van der Waals surface area contributed by atoms with E-state index in [9.17, 15) is 14.0 Å². The molecule has 0 saturated carbocycles. The van der Waals surface area contributed by atoms with Crippen LogP contribution < -0.4 is 10.6 Å². The van der Waals surface area contributed by atoms with E-state index in [4.69, 9.17) is 10.5 Å². The van der Waals surface area contributed by atoms with E-state index in [1.165, 1.54) is 18.5 Å². The lowest BCUT2D eigenvalue weighted by Crippen LogP contribution is -2.50. The van der Waals surface area contributed by atoms with Gasteiger partial charge in [-0.25, -0.2) is 19.2 Å². The number of carbonyl (C=O) groups is 2. The van der Waals surface area contributed by atoms with E-state index >= 15 is 0 Å². The van der Waals surface area contributed by atoms with Gasteiger partial charge in [-0.15, -0.1) is 0 Å². The van der Waals surface area contributed by atoms with Crippen LogP contribution in [0.1, 0.15) is 10.5 Å². The van der Waals surface area contributed by atoms with Crippen LogP contribution in [0.3, 0.4) is 0 Å². The second-order valence-corrected chi connectivity index (χ2v) is 5.69. The van der Waals surface area contributed by atoms with E-state index in [1.54, 1.807) is 23.1 Å². The summed E-state index contributed by atoms with van der Waals surface area (Å²) in [5.41, 5.74) is 5.94. The van der Waals surface area contributed by atoms with Gasteiger partial charge in [-0.3, -0.25) is 4.79 Å². The number of rotatable bonds is 4. The number of hydrogen-bond acceptors (Lipinski definition) is 7. The Morgan fingerprint density at radius 1 is 1.12 bits per heavy atom. The molecule has 1 fully saturated rings. The molecule has 3 rings (SSSR count). The van der Waals surface area contributed by atoms with Crippen molar-refractivity contribution in [1.29, 1.82) is 0 Å². The monoisotopic (exact) mass is 359 g/mol. The minimum absolute atomic E-state index is 0.0524. The Labute approximate surface area is 149 Å². The largest absolute Gasteiger partial charge is 0.451 e. The van der Waals surface area contributed by atoms with E-state index in [-0.39, 0.29) is 23.2 Å². The number of esters is 1. The molecule has 1 amide bonds. The van der Waals surface area contributed by atoms with Crippen LogP contribution in [0.15, 0.2) is 36.7 Å². The molecule has 1 aliphatic rings. The molecule has 0 aliphatic carbocycles. The molecule has 8 nitrogen and oxygen atoms in total. The average molecular weight is 359 g/mol. The van der Waals surface area contributed by atoms with Crippen LogP contribution in [0.2, 0.25) is 0 Å². The molecule has 0 unspecified atom stereocenters. The summed E-state index contributed by atoms with van der Waals surface area (Å²) in [4.78, 5) is 35.1. The van der Waals surface area contributed by atoms with Gasteiger partial charge in [0, 0.05) is 38.6 Å². The van der Waals surface area contributed by atoms with Crippen LogP contribution in [0.25, 0.3) is 0 Å². The lowest BCUT2D eigenvalue weighted by molar-refractivity contribution is -0.134. The molecule has 1 aromatic heterocycles. The minimum atomic E-state index is -0.797. The van der Waals surface area contributed by atoms with Crippen LogP contribution in [-0.2, 0) is 9.53 Å². The number of hydrogen-bond donors (Lipinski definition) is 1. The van der Waals surface area contributed by atoms with Gasteiger partial charge in [0.2, 0.25) is 0 Å². The van der Waals surface area contributed by atoms with Crippen molar-refractivity contribution in [2.75, 3.05) is 43.4 Å². The second-order valence-electron chi connectivity index (χ2n) is 5.69. The molecule has 136 valence electrons. The number of piperazine rings is 1. The lowest BCUT2D eigenvalue weighted by atomic mass is 10.2. The highest BCUT2D eigenvalue weighted by atomic mass is 19.1. The Hall–Kier alpha value is -3.23. The van der Waals surface area contributed by atoms with Crippen molar-refractivity contribution in [3.8, 4) is 0 Å². The molecule has 1 saturated heterocycles. The summed E-state index contributed by atoms with van der Waals surface area (Å²) in [5, 5.41) is 0. The highest BCUT2D eigenvalue weighted by molar-refractivity contribution is 5.93. The summed E-state index contributed by atoms with van der Waals surface area (Å²) in [7, 11) is 0. The number of nitrogens with two attached hydrogens (primary N) is 1. The normalized spacial score (nSPS) is 14.2. The maximum Gasteiger partial charge on any atom is 0.361 e. The Bertz CT molecular complexity index is 808. The maximum atomic E-state index is 13.8. The van der Waals surface area contributed by atoms with E-state index in [0.717, 1.165) is 0 Å². The Kier molecular flexibility index (Phi) is 5.26. The van der Waals surface area contributed by atoms with Gasteiger partial charge < -0.3 is 20.3 Å². The van der Waals surface area contributed by atoms with Gasteiger partial charge in [0.05, 0.1) is 5.69 Å². The minimum Gasteiger partial charge on any atom is -0.451 e. The van der Waals surface area contributed by atoms with Gasteiger partial charge >= 0.3 is 5.97 Å². The molecule has 0 atom stereocenters. The molecule has 1 aromatic carbocycles. The molecule has 2 N–H and O–H groups in total. The number of ether oxygens (including phenoxy) is 1. The number of para-hydroxylation sites is 1. The highest BCUT2D eigenvalue weighted by Gasteiger charge is 2.24. The van der Waals surface area contributed by atoms with Crippen molar-refractivity contribution in [3.05, 3.63) is 48.2 Å². The van der Waals surface area contributed by atoms with Crippen molar-refractivity contribution in [1.82, 2.24) is 14.9 Å². The van der Waals surface area contributed by atoms with Crippen LogP contribution in [0.5, 0.6) is 0 Å². The predicted molar refractivity (Wildman–Crippen MR) is 91.9 cm³/mol. The van der Waals surface area contributed by atoms with Crippen molar-refractivity contribution >= 4 is 23.4 Å². The van der Waals surface area contributed by atoms with Gasteiger partial charge in [0.1, 0.15) is 5.82 Å². The molecule has 0 bridgehead atoms. The summed E-state index contributed by atoms with van der Waals surface area (Å²) >= 11 is 0. The third-order valence-corrected chi connectivity index (χ3v) is 4.07. The summed E-state index contributed by atoms with van der Waals surface area (Å²) in [6.45, 7) is 1.42. The number of halogens is 1. The number of nitrogen functional groups attached to an aromatic ring is 1. The van der Waals surface area contributed by atoms with Crippen LogP contribution >= 0.6 is 0 Å². The first-order chi connectivity index (χ1) is 12.6. The van der Waals surface area contributed by atoms with Crippen molar-refractivity contribution in [2.24, 2.45) is 0 Å². The predicted octanol–water partition coefficient (Wildman–Crippen LogP) is 0.704. The van der Waals surface area contributed by atoms with Crippen LogP contribution in [0, 0.1) is 5.82 Å². The molecular formula is C17H18FN5O3. The number of anilines is 2. The van der Waals surface area contributed by atoms with Gasteiger partial charge in [-0.2, -0.15) is 0 Å². The zero-order valence-corrected chi connectivity index (χ0v) is 14.0. The molecule has 2 heterocycles. The number of amides is 1. The number of carbonyl (C=O) groups excluding carboxylic acids is 2. The van der Waals surface area contributed by atoms with Crippen molar-refractivity contribution in [2.45, 2.75) is 0 Å². The van der Waals surface area contributed by atoms with E-state index in [1.807, 2.05) is 4.90 Å².